The maximum absolute atomic E-state index is 6.06. The molecule has 1 unspecified atom stereocenters. The Morgan fingerprint density at radius 1 is 1.47 bits per heavy atom. The third kappa shape index (κ3) is 2.57. The lowest BCUT2D eigenvalue weighted by atomic mass is 9.98. The fraction of sp³-hybridized carbons (Fsp3) is 0.538. The number of nitrogens with two attached hydrogens (primary N) is 1. The van der Waals surface area contributed by atoms with E-state index in [-0.39, 0.29) is 5.54 Å². The maximum atomic E-state index is 6.06. The van der Waals surface area contributed by atoms with E-state index in [1.54, 1.807) is 0 Å². The average molecular weight is 255 g/mol. The van der Waals surface area contributed by atoms with Gasteiger partial charge in [-0.2, -0.15) is 0 Å². The summed E-state index contributed by atoms with van der Waals surface area (Å²) in [5.74, 6) is 0.738. The Bertz CT molecular complexity index is 385. The zero-order valence-electron chi connectivity index (χ0n) is 10.2. The standard InChI is InChI=1S/C13H19ClN2O/c1-16-8-4-7-13(16,9-15)10-17-12-6-3-2-5-11(12)14/h2-3,5-6H,4,7-10,15H2,1H3. The van der Waals surface area contributed by atoms with Crippen molar-refractivity contribution in [3.05, 3.63) is 29.3 Å². The first kappa shape index (κ1) is 12.7. The van der Waals surface area contributed by atoms with Gasteiger partial charge in [0.2, 0.25) is 0 Å². The topological polar surface area (TPSA) is 38.5 Å². The molecule has 0 aromatic heterocycles. The molecule has 4 heteroatoms. The summed E-state index contributed by atoms with van der Waals surface area (Å²) in [5, 5.41) is 0.653. The molecular weight excluding hydrogens is 236 g/mol. The molecular formula is C13H19ClN2O. The average Bonchev–Trinajstić information content (AvgIpc) is 2.70. The fourth-order valence-electron chi connectivity index (χ4n) is 2.35. The van der Waals surface area contributed by atoms with Gasteiger partial charge in [0.15, 0.2) is 0 Å². The molecule has 17 heavy (non-hydrogen) atoms. The molecule has 1 atom stereocenters. The van der Waals surface area contributed by atoms with Crippen molar-refractivity contribution in [2.24, 2.45) is 5.73 Å². The van der Waals surface area contributed by atoms with Gasteiger partial charge in [0.05, 0.1) is 10.6 Å². The van der Waals surface area contributed by atoms with Crippen molar-refractivity contribution < 1.29 is 4.74 Å². The molecule has 2 N–H and O–H groups in total. The van der Waals surface area contributed by atoms with Crippen LogP contribution < -0.4 is 10.5 Å². The van der Waals surface area contributed by atoms with E-state index in [2.05, 4.69) is 11.9 Å². The minimum atomic E-state index is -0.0286. The van der Waals surface area contributed by atoms with Crippen LogP contribution in [-0.4, -0.2) is 37.2 Å². The first-order valence-electron chi connectivity index (χ1n) is 5.97. The molecule has 0 spiro atoms. The van der Waals surface area contributed by atoms with Crippen LogP contribution in [0.15, 0.2) is 24.3 Å². The summed E-state index contributed by atoms with van der Waals surface area (Å²) in [6, 6.07) is 7.55. The number of likely N-dealkylation sites (tertiary alicyclic amines) is 1. The van der Waals surface area contributed by atoms with Crippen molar-refractivity contribution in [1.82, 2.24) is 4.90 Å². The van der Waals surface area contributed by atoms with Crippen LogP contribution in [0, 0.1) is 0 Å². The largest absolute Gasteiger partial charge is 0.490 e. The SMILES string of the molecule is CN1CCCC1(CN)COc1ccccc1Cl. The van der Waals surface area contributed by atoms with E-state index in [0.29, 0.717) is 18.2 Å². The second-order valence-electron chi connectivity index (χ2n) is 4.67. The molecule has 0 radical (unpaired) electrons. The van der Waals surface area contributed by atoms with Gasteiger partial charge in [0, 0.05) is 6.54 Å². The quantitative estimate of drug-likeness (QED) is 0.895. The van der Waals surface area contributed by atoms with Crippen LogP contribution in [0.2, 0.25) is 5.02 Å². The Labute approximate surface area is 107 Å². The maximum Gasteiger partial charge on any atom is 0.137 e. The molecule has 1 aliphatic heterocycles. The van der Waals surface area contributed by atoms with E-state index >= 15 is 0 Å². The van der Waals surface area contributed by atoms with Crippen molar-refractivity contribution in [3.8, 4) is 5.75 Å². The predicted octanol–water partition coefficient (Wildman–Crippen LogP) is 2.14. The second kappa shape index (κ2) is 5.25. The fourth-order valence-corrected chi connectivity index (χ4v) is 2.54. The van der Waals surface area contributed by atoms with E-state index in [1.165, 1.54) is 6.42 Å². The summed E-state index contributed by atoms with van der Waals surface area (Å²) in [6.07, 6.45) is 2.27. The van der Waals surface area contributed by atoms with E-state index in [1.807, 2.05) is 24.3 Å². The molecule has 1 aromatic carbocycles. The summed E-state index contributed by atoms with van der Waals surface area (Å²) in [5.41, 5.74) is 5.88. The molecule has 0 aliphatic carbocycles. The first-order valence-corrected chi connectivity index (χ1v) is 6.34. The Morgan fingerprint density at radius 3 is 2.82 bits per heavy atom. The molecule has 94 valence electrons. The normalized spacial score (nSPS) is 25.1. The predicted molar refractivity (Wildman–Crippen MR) is 70.6 cm³/mol. The van der Waals surface area contributed by atoms with Gasteiger partial charge < -0.3 is 10.5 Å². The van der Waals surface area contributed by atoms with Crippen molar-refractivity contribution in [1.29, 1.82) is 0 Å². The third-order valence-electron chi connectivity index (χ3n) is 3.66. The number of hydrogen-bond acceptors (Lipinski definition) is 3. The lowest BCUT2D eigenvalue weighted by molar-refractivity contribution is 0.104. The Morgan fingerprint density at radius 2 is 2.24 bits per heavy atom. The number of benzene rings is 1. The summed E-state index contributed by atoms with van der Waals surface area (Å²) in [6.45, 7) is 2.31. The van der Waals surface area contributed by atoms with Crippen LogP contribution >= 0.6 is 11.6 Å². The third-order valence-corrected chi connectivity index (χ3v) is 3.97. The number of nitrogens with zero attached hydrogens (tertiary/aromatic N) is 1. The van der Waals surface area contributed by atoms with Gasteiger partial charge in [-0.1, -0.05) is 23.7 Å². The van der Waals surface area contributed by atoms with E-state index in [0.717, 1.165) is 18.7 Å². The molecule has 1 heterocycles. The van der Waals surface area contributed by atoms with Gasteiger partial charge in [-0.25, -0.2) is 0 Å². The van der Waals surface area contributed by atoms with Crippen molar-refractivity contribution in [2.45, 2.75) is 18.4 Å². The zero-order valence-corrected chi connectivity index (χ0v) is 10.9. The minimum Gasteiger partial charge on any atom is -0.490 e. The minimum absolute atomic E-state index is 0.0286. The van der Waals surface area contributed by atoms with Crippen molar-refractivity contribution in [3.63, 3.8) is 0 Å². The number of hydrogen-bond donors (Lipinski definition) is 1. The number of halogens is 1. The smallest absolute Gasteiger partial charge is 0.137 e. The van der Waals surface area contributed by atoms with Crippen LogP contribution in [0.5, 0.6) is 5.75 Å². The van der Waals surface area contributed by atoms with Crippen LogP contribution in [0.1, 0.15) is 12.8 Å². The van der Waals surface area contributed by atoms with Crippen molar-refractivity contribution in [2.75, 3.05) is 26.7 Å². The Balaban J connectivity index is 2.04. The van der Waals surface area contributed by atoms with E-state index < -0.39 is 0 Å². The molecule has 3 nitrogen and oxygen atoms in total. The highest BCUT2D eigenvalue weighted by molar-refractivity contribution is 6.32. The highest BCUT2D eigenvalue weighted by Crippen LogP contribution is 2.30. The molecule has 1 saturated heterocycles. The molecule has 2 rings (SSSR count). The molecule has 1 aliphatic rings. The number of likely N-dealkylation sites (N-methyl/N-ethyl adjacent to an activating group) is 1. The molecule has 0 saturated carbocycles. The number of para-hydroxylation sites is 1. The molecule has 0 amide bonds. The highest BCUT2D eigenvalue weighted by Gasteiger charge is 2.38. The number of rotatable bonds is 4. The van der Waals surface area contributed by atoms with Crippen LogP contribution in [0.4, 0.5) is 0 Å². The number of ether oxygens (including phenoxy) is 1. The zero-order chi connectivity index (χ0) is 12.3. The van der Waals surface area contributed by atoms with Gasteiger partial charge >= 0.3 is 0 Å². The van der Waals surface area contributed by atoms with Gasteiger partial charge in [-0.15, -0.1) is 0 Å². The van der Waals surface area contributed by atoms with Crippen LogP contribution in [-0.2, 0) is 0 Å². The lowest BCUT2D eigenvalue weighted by Gasteiger charge is -2.34. The summed E-state index contributed by atoms with van der Waals surface area (Å²) in [7, 11) is 2.11. The monoisotopic (exact) mass is 254 g/mol. The van der Waals surface area contributed by atoms with Gasteiger partial charge in [-0.3, -0.25) is 4.90 Å². The Hall–Kier alpha value is -0.770. The van der Waals surface area contributed by atoms with Gasteiger partial charge in [0.25, 0.3) is 0 Å². The first-order chi connectivity index (χ1) is 8.18. The summed E-state index contributed by atoms with van der Waals surface area (Å²) in [4.78, 5) is 2.30. The van der Waals surface area contributed by atoms with Crippen LogP contribution in [0.25, 0.3) is 0 Å². The van der Waals surface area contributed by atoms with Gasteiger partial charge in [-0.05, 0) is 38.6 Å². The molecule has 1 fully saturated rings. The molecule has 1 aromatic rings. The van der Waals surface area contributed by atoms with Gasteiger partial charge in [0.1, 0.15) is 12.4 Å². The van der Waals surface area contributed by atoms with E-state index in [9.17, 15) is 0 Å². The summed E-state index contributed by atoms with van der Waals surface area (Å²) < 4.78 is 5.83. The second-order valence-corrected chi connectivity index (χ2v) is 5.08. The highest BCUT2D eigenvalue weighted by atomic mass is 35.5. The van der Waals surface area contributed by atoms with Crippen LogP contribution in [0.3, 0.4) is 0 Å². The summed E-state index contributed by atoms with van der Waals surface area (Å²) >= 11 is 6.06. The Kier molecular flexibility index (Phi) is 3.92. The lowest BCUT2D eigenvalue weighted by Crippen LogP contribution is -2.52. The van der Waals surface area contributed by atoms with E-state index in [4.69, 9.17) is 22.1 Å². The molecule has 0 bridgehead atoms. The van der Waals surface area contributed by atoms with Crippen molar-refractivity contribution >= 4 is 11.6 Å².